The number of hydrogen-bond acceptors (Lipinski definition) is 6. The van der Waals surface area contributed by atoms with E-state index in [-0.39, 0.29) is 12.5 Å². The van der Waals surface area contributed by atoms with E-state index in [9.17, 15) is 9.90 Å². The number of aromatic nitrogens is 2. The normalized spacial score (nSPS) is 14.4. The van der Waals surface area contributed by atoms with Crippen molar-refractivity contribution < 1.29 is 9.90 Å². The summed E-state index contributed by atoms with van der Waals surface area (Å²) in [6.45, 7) is 3.70. The lowest BCUT2D eigenvalue weighted by Crippen LogP contribution is -2.41. The zero-order valence-corrected chi connectivity index (χ0v) is 11.8. The van der Waals surface area contributed by atoms with E-state index in [1.54, 1.807) is 25.6 Å². The minimum absolute atomic E-state index is 0.220. The monoisotopic (exact) mass is 275 g/mol. The lowest BCUT2D eigenvalue weighted by molar-refractivity contribution is 0.0529. The average molecular weight is 275 g/mol. The van der Waals surface area contributed by atoms with Crippen molar-refractivity contribution >= 4 is 29.2 Å². The first-order valence-electron chi connectivity index (χ1n) is 5.25. The van der Waals surface area contributed by atoms with Crippen molar-refractivity contribution in [2.45, 2.75) is 25.9 Å². The maximum atomic E-state index is 11.8. The van der Waals surface area contributed by atoms with Gasteiger partial charge in [-0.3, -0.25) is 4.79 Å². The van der Waals surface area contributed by atoms with Gasteiger partial charge in [-0.05, 0) is 43.8 Å². The molecule has 0 spiro atoms. The Morgan fingerprint density at radius 2 is 2.35 bits per heavy atom. The van der Waals surface area contributed by atoms with Crippen LogP contribution >= 0.6 is 23.3 Å². The van der Waals surface area contributed by atoms with Gasteiger partial charge in [-0.25, -0.2) is 0 Å². The Balaban J connectivity index is 2.45. The highest BCUT2D eigenvalue weighted by atomic mass is 32.2. The van der Waals surface area contributed by atoms with Crippen LogP contribution in [0.2, 0.25) is 0 Å². The Bertz CT molecular complexity index is 379. The maximum absolute atomic E-state index is 11.8. The number of nitrogens with one attached hydrogen (secondary N) is 1. The highest BCUT2D eigenvalue weighted by Crippen LogP contribution is 2.13. The zero-order valence-electron chi connectivity index (χ0n) is 10.2. The number of rotatable bonds is 6. The molecule has 5 nitrogen and oxygen atoms in total. The van der Waals surface area contributed by atoms with E-state index in [2.05, 4.69) is 14.9 Å². The van der Waals surface area contributed by atoms with Gasteiger partial charge in [0.1, 0.15) is 4.88 Å². The van der Waals surface area contributed by atoms with Crippen LogP contribution in [-0.2, 0) is 0 Å². The van der Waals surface area contributed by atoms with Gasteiger partial charge >= 0.3 is 0 Å². The van der Waals surface area contributed by atoms with E-state index in [1.165, 1.54) is 0 Å². The smallest absolute Gasteiger partial charge is 0.265 e. The molecule has 7 heteroatoms. The summed E-state index contributed by atoms with van der Waals surface area (Å²) in [7, 11) is 0. The molecule has 1 heterocycles. The van der Waals surface area contributed by atoms with Crippen LogP contribution in [0.3, 0.4) is 0 Å². The summed E-state index contributed by atoms with van der Waals surface area (Å²) in [4.78, 5) is 12.3. The first-order valence-corrected chi connectivity index (χ1v) is 7.41. The Labute approximate surface area is 109 Å². The number of aliphatic hydroxyl groups is 1. The summed E-state index contributed by atoms with van der Waals surface area (Å²) < 4.78 is 3.70. The van der Waals surface area contributed by atoms with Crippen molar-refractivity contribution in [3.05, 3.63) is 10.6 Å². The summed E-state index contributed by atoms with van der Waals surface area (Å²) in [5.41, 5.74) is -0.249. The van der Waals surface area contributed by atoms with E-state index in [0.717, 1.165) is 17.3 Å². The first kappa shape index (κ1) is 14.4. The number of carbonyl (C=O) groups excluding carboxylic acids is 1. The van der Waals surface area contributed by atoms with Gasteiger partial charge in [-0.2, -0.15) is 11.8 Å². The van der Waals surface area contributed by atoms with Crippen molar-refractivity contribution in [3.63, 3.8) is 0 Å². The largest absolute Gasteiger partial charge is 0.388 e. The quantitative estimate of drug-likeness (QED) is 0.812. The summed E-state index contributed by atoms with van der Waals surface area (Å²) in [6.07, 6.45) is 2.63. The van der Waals surface area contributed by atoms with Gasteiger partial charge in [0.15, 0.2) is 0 Å². The van der Waals surface area contributed by atoms with Gasteiger partial charge in [0.2, 0.25) is 0 Å². The predicted molar refractivity (Wildman–Crippen MR) is 70.6 cm³/mol. The van der Waals surface area contributed by atoms with E-state index in [0.29, 0.717) is 17.0 Å². The lowest BCUT2D eigenvalue weighted by Gasteiger charge is -2.22. The molecular weight excluding hydrogens is 258 g/mol. The van der Waals surface area contributed by atoms with Gasteiger partial charge in [-0.1, -0.05) is 4.49 Å². The van der Waals surface area contributed by atoms with E-state index in [4.69, 9.17) is 0 Å². The van der Waals surface area contributed by atoms with Crippen molar-refractivity contribution in [1.82, 2.24) is 14.9 Å². The second-order valence-corrected chi connectivity index (χ2v) is 5.85. The van der Waals surface area contributed by atoms with Gasteiger partial charge < -0.3 is 10.4 Å². The molecule has 0 aliphatic heterocycles. The van der Waals surface area contributed by atoms with Crippen LogP contribution in [0.1, 0.15) is 28.7 Å². The van der Waals surface area contributed by atoms with E-state index in [1.807, 2.05) is 6.26 Å². The third-order valence-electron chi connectivity index (χ3n) is 2.33. The molecule has 0 aliphatic carbocycles. The molecule has 1 rings (SSSR count). The Kier molecular flexibility index (Phi) is 5.35. The van der Waals surface area contributed by atoms with Crippen LogP contribution in [0.25, 0.3) is 0 Å². The van der Waals surface area contributed by atoms with E-state index < -0.39 is 5.60 Å². The van der Waals surface area contributed by atoms with Crippen LogP contribution in [-0.4, -0.2) is 44.8 Å². The standard InChI is InChI=1S/C10H17N3O2S2/c1-7-8(17-13-12-7)9(14)11-6-10(2,15)4-5-16-3/h15H,4-6H2,1-3H3,(H,11,14)/t10-/m0/s1. The van der Waals surface area contributed by atoms with Crippen LogP contribution in [0, 0.1) is 6.92 Å². The average Bonchev–Trinajstić information content (AvgIpc) is 2.70. The molecule has 1 aromatic rings. The van der Waals surface area contributed by atoms with Crippen LogP contribution < -0.4 is 5.32 Å². The Morgan fingerprint density at radius 1 is 1.65 bits per heavy atom. The summed E-state index contributed by atoms with van der Waals surface area (Å²) in [5, 5.41) is 16.5. The van der Waals surface area contributed by atoms with Gasteiger partial charge in [-0.15, -0.1) is 5.10 Å². The molecule has 1 amide bonds. The molecule has 0 aliphatic rings. The Morgan fingerprint density at radius 3 is 2.88 bits per heavy atom. The number of nitrogens with zero attached hydrogens (tertiary/aromatic N) is 2. The zero-order chi connectivity index (χ0) is 12.9. The maximum Gasteiger partial charge on any atom is 0.265 e. The number of aryl methyl sites for hydroxylation is 1. The van der Waals surface area contributed by atoms with Crippen LogP contribution in [0.5, 0.6) is 0 Å². The Hall–Kier alpha value is -0.660. The summed E-state index contributed by atoms with van der Waals surface area (Å²) in [5.74, 6) is 0.645. The van der Waals surface area contributed by atoms with Crippen LogP contribution in [0.15, 0.2) is 0 Å². The van der Waals surface area contributed by atoms with Gasteiger partial charge in [0.25, 0.3) is 5.91 Å². The molecule has 0 saturated carbocycles. The second kappa shape index (κ2) is 6.32. The molecule has 1 atom stereocenters. The minimum atomic E-state index is -0.870. The summed E-state index contributed by atoms with van der Waals surface area (Å²) >= 11 is 2.74. The molecule has 0 unspecified atom stereocenters. The van der Waals surface area contributed by atoms with Gasteiger partial charge in [0, 0.05) is 6.54 Å². The molecule has 1 aromatic heterocycles. The first-order chi connectivity index (χ1) is 7.96. The SMILES string of the molecule is CSCC[C@](C)(O)CNC(=O)c1snnc1C. The summed E-state index contributed by atoms with van der Waals surface area (Å²) in [6, 6.07) is 0. The molecule has 0 radical (unpaired) electrons. The number of carbonyl (C=O) groups is 1. The minimum Gasteiger partial charge on any atom is -0.388 e. The molecule has 0 bridgehead atoms. The van der Waals surface area contributed by atoms with Crippen molar-refractivity contribution in [1.29, 1.82) is 0 Å². The fraction of sp³-hybridized carbons (Fsp3) is 0.700. The van der Waals surface area contributed by atoms with Crippen LogP contribution in [0.4, 0.5) is 0 Å². The molecule has 2 N–H and O–H groups in total. The highest BCUT2D eigenvalue weighted by molar-refractivity contribution is 7.98. The second-order valence-electron chi connectivity index (χ2n) is 4.11. The lowest BCUT2D eigenvalue weighted by atomic mass is 10.0. The topological polar surface area (TPSA) is 75.1 Å². The fourth-order valence-electron chi connectivity index (χ4n) is 1.20. The number of hydrogen-bond donors (Lipinski definition) is 2. The molecular formula is C10H17N3O2S2. The number of amides is 1. The van der Waals surface area contributed by atoms with Crippen molar-refractivity contribution in [2.24, 2.45) is 0 Å². The predicted octanol–water partition coefficient (Wildman–Crippen LogP) is 1.08. The molecule has 17 heavy (non-hydrogen) atoms. The molecule has 0 saturated heterocycles. The van der Waals surface area contributed by atoms with Crippen molar-refractivity contribution in [3.8, 4) is 0 Å². The fourth-order valence-corrected chi connectivity index (χ4v) is 2.42. The number of thioether (sulfide) groups is 1. The molecule has 0 fully saturated rings. The van der Waals surface area contributed by atoms with Gasteiger partial charge in [0.05, 0.1) is 11.3 Å². The third kappa shape index (κ3) is 4.61. The highest BCUT2D eigenvalue weighted by Gasteiger charge is 2.22. The third-order valence-corrected chi connectivity index (χ3v) is 3.77. The molecule has 0 aromatic carbocycles. The molecule has 96 valence electrons. The van der Waals surface area contributed by atoms with Crippen molar-refractivity contribution in [2.75, 3.05) is 18.6 Å². The van der Waals surface area contributed by atoms with E-state index >= 15 is 0 Å².